The first kappa shape index (κ1) is 14.7. The summed E-state index contributed by atoms with van der Waals surface area (Å²) in [5.41, 5.74) is 3.65. The molecule has 1 aromatic carbocycles. The van der Waals surface area contributed by atoms with Crippen molar-refractivity contribution in [2.24, 2.45) is 0 Å². The first-order valence-corrected chi connectivity index (χ1v) is 8.65. The molecule has 0 amide bonds. The Labute approximate surface area is 135 Å². The summed E-state index contributed by atoms with van der Waals surface area (Å²) < 4.78 is 6.77. The van der Waals surface area contributed by atoms with Gasteiger partial charge < -0.3 is 10.1 Å². The topological polar surface area (TPSA) is 21.3 Å². The van der Waals surface area contributed by atoms with Gasteiger partial charge in [-0.15, -0.1) is 11.3 Å². The maximum absolute atomic E-state index is 6.13. The Kier molecular flexibility index (Phi) is 4.41. The molecular weight excluding hydrogens is 302 g/mol. The summed E-state index contributed by atoms with van der Waals surface area (Å²) in [6.07, 6.45) is 3.25. The highest BCUT2D eigenvalue weighted by Gasteiger charge is 2.25. The molecule has 112 valence electrons. The molecule has 1 aliphatic rings. The smallest absolute Gasteiger partial charge is 0.142 e. The zero-order valence-corrected chi connectivity index (χ0v) is 14.0. The highest BCUT2D eigenvalue weighted by molar-refractivity contribution is 7.16. The van der Waals surface area contributed by atoms with Gasteiger partial charge in [0.25, 0.3) is 0 Å². The van der Waals surface area contributed by atoms with Crippen LogP contribution in [0.2, 0.25) is 4.34 Å². The molecule has 21 heavy (non-hydrogen) atoms. The van der Waals surface area contributed by atoms with Crippen LogP contribution in [-0.2, 0) is 6.42 Å². The van der Waals surface area contributed by atoms with Crippen molar-refractivity contribution in [1.29, 1.82) is 0 Å². The molecule has 0 saturated heterocycles. The summed E-state index contributed by atoms with van der Waals surface area (Å²) >= 11 is 7.84. The molecular formula is C17H20ClNOS. The van der Waals surface area contributed by atoms with E-state index >= 15 is 0 Å². The molecule has 1 heterocycles. The third kappa shape index (κ3) is 3.19. The van der Waals surface area contributed by atoms with Gasteiger partial charge in [0.2, 0.25) is 0 Å². The molecule has 0 aliphatic heterocycles. The molecule has 0 bridgehead atoms. The molecule has 0 fully saturated rings. The average Bonchev–Trinajstić information content (AvgIpc) is 2.99. The molecule has 4 heteroatoms. The van der Waals surface area contributed by atoms with Gasteiger partial charge in [0.1, 0.15) is 5.75 Å². The summed E-state index contributed by atoms with van der Waals surface area (Å²) in [6.45, 7) is 4.97. The van der Waals surface area contributed by atoms with Crippen LogP contribution in [0, 0.1) is 6.92 Å². The fourth-order valence-electron chi connectivity index (χ4n) is 2.75. The van der Waals surface area contributed by atoms with Crippen LogP contribution >= 0.6 is 22.9 Å². The van der Waals surface area contributed by atoms with E-state index < -0.39 is 0 Å². The first-order valence-electron chi connectivity index (χ1n) is 7.45. The van der Waals surface area contributed by atoms with Gasteiger partial charge in [-0.05, 0) is 55.5 Å². The number of rotatable bonds is 5. The van der Waals surface area contributed by atoms with Crippen LogP contribution in [0.1, 0.15) is 41.8 Å². The van der Waals surface area contributed by atoms with Gasteiger partial charge in [0.15, 0.2) is 0 Å². The minimum atomic E-state index is 0.343. The molecule has 1 N–H and O–H groups in total. The number of hydrogen-bond acceptors (Lipinski definition) is 3. The van der Waals surface area contributed by atoms with E-state index in [0.717, 1.165) is 41.6 Å². The fourth-order valence-corrected chi connectivity index (χ4v) is 4.11. The van der Waals surface area contributed by atoms with Crippen LogP contribution in [0.5, 0.6) is 5.75 Å². The van der Waals surface area contributed by atoms with Crippen LogP contribution < -0.4 is 10.1 Å². The van der Waals surface area contributed by atoms with Crippen molar-refractivity contribution in [3.05, 3.63) is 44.6 Å². The Bertz CT molecular complexity index is 638. The first-order chi connectivity index (χ1) is 10.2. The molecule has 0 radical (unpaired) electrons. The molecule has 2 aromatic rings. The summed E-state index contributed by atoms with van der Waals surface area (Å²) in [5, 5.41) is 3.64. The predicted molar refractivity (Wildman–Crippen MR) is 91.0 cm³/mol. The molecule has 0 saturated carbocycles. The summed E-state index contributed by atoms with van der Waals surface area (Å²) in [6, 6.07) is 8.79. The van der Waals surface area contributed by atoms with Gasteiger partial charge in [-0.1, -0.05) is 24.6 Å². The lowest BCUT2D eigenvalue weighted by Gasteiger charge is -2.18. The van der Waals surface area contributed by atoms with Crippen molar-refractivity contribution in [1.82, 2.24) is 0 Å². The SMILES string of the molecule is CCCOc1cc(C)ccc1NC1CCc2sc(Cl)cc21. The van der Waals surface area contributed by atoms with E-state index in [1.165, 1.54) is 16.0 Å². The largest absolute Gasteiger partial charge is 0.491 e. The van der Waals surface area contributed by atoms with Crippen molar-refractivity contribution in [2.45, 2.75) is 39.2 Å². The molecule has 0 spiro atoms. The molecule has 1 aromatic heterocycles. The van der Waals surface area contributed by atoms with Crippen LogP contribution in [0.15, 0.2) is 24.3 Å². The molecule has 2 nitrogen and oxygen atoms in total. The quantitative estimate of drug-likeness (QED) is 0.774. The highest BCUT2D eigenvalue weighted by Crippen LogP contribution is 2.42. The Hall–Kier alpha value is -1.19. The number of fused-ring (bicyclic) bond motifs is 1. The average molecular weight is 322 g/mol. The monoisotopic (exact) mass is 321 g/mol. The lowest BCUT2D eigenvalue weighted by Crippen LogP contribution is -2.08. The number of benzene rings is 1. The molecule has 1 atom stereocenters. The maximum Gasteiger partial charge on any atom is 0.142 e. The van der Waals surface area contributed by atoms with E-state index in [2.05, 4.69) is 43.4 Å². The van der Waals surface area contributed by atoms with Crippen LogP contribution in [0.25, 0.3) is 0 Å². The van der Waals surface area contributed by atoms with E-state index in [9.17, 15) is 0 Å². The minimum Gasteiger partial charge on any atom is -0.491 e. The van der Waals surface area contributed by atoms with Crippen LogP contribution in [0.4, 0.5) is 5.69 Å². The second kappa shape index (κ2) is 6.29. The second-order valence-electron chi connectivity index (χ2n) is 5.51. The van der Waals surface area contributed by atoms with Crippen molar-refractivity contribution < 1.29 is 4.74 Å². The fraction of sp³-hybridized carbons (Fsp3) is 0.412. The zero-order valence-electron chi connectivity index (χ0n) is 12.4. The number of halogens is 1. The van der Waals surface area contributed by atoms with Gasteiger partial charge in [0.05, 0.1) is 22.7 Å². The number of aryl methyl sites for hydroxylation is 2. The minimum absolute atomic E-state index is 0.343. The molecule has 3 rings (SSSR count). The third-order valence-electron chi connectivity index (χ3n) is 3.78. The van der Waals surface area contributed by atoms with E-state index in [4.69, 9.17) is 16.3 Å². The van der Waals surface area contributed by atoms with Crippen molar-refractivity contribution in [3.63, 3.8) is 0 Å². The van der Waals surface area contributed by atoms with Crippen molar-refractivity contribution in [3.8, 4) is 5.75 Å². The van der Waals surface area contributed by atoms with Crippen LogP contribution in [0.3, 0.4) is 0 Å². The number of nitrogens with one attached hydrogen (secondary N) is 1. The van der Waals surface area contributed by atoms with Gasteiger partial charge in [-0.2, -0.15) is 0 Å². The lowest BCUT2D eigenvalue weighted by atomic mass is 10.1. The number of hydrogen-bond donors (Lipinski definition) is 1. The number of ether oxygens (including phenoxy) is 1. The van der Waals surface area contributed by atoms with E-state index in [1.807, 2.05) is 0 Å². The van der Waals surface area contributed by atoms with Crippen LogP contribution in [-0.4, -0.2) is 6.61 Å². The Morgan fingerprint density at radius 2 is 2.24 bits per heavy atom. The lowest BCUT2D eigenvalue weighted by molar-refractivity contribution is 0.318. The van der Waals surface area contributed by atoms with Gasteiger partial charge in [-0.3, -0.25) is 0 Å². The van der Waals surface area contributed by atoms with Crippen molar-refractivity contribution >= 4 is 28.6 Å². The Morgan fingerprint density at radius 1 is 1.38 bits per heavy atom. The van der Waals surface area contributed by atoms with Gasteiger partial charge in [-0.25, -0.2) is 0 Å². The summed E-state index contributed by atoms with van der Waals surface area (Å²) in [5.74, 6) is 0.951. The van der Waals surface area contributed by atoms with Crippen molar-refractivity contribution in [2.75, 3.05) is 11.9 Å². The molecule has 1 unspecified atom stereocenters. The Balaban J connectivity index is 1.81. The van der Waals surface area contributed by atoms with Gasteiger partial charge in [0, 0.05) is 4.88 Å². The number of thiophene rings is 1. The standard InChI is InChI=1S/C17H20ClNOS/c1-3-8-20-15-9-11(2)4-5-14(15)19-13-6-7-16-12(13)10-17(18)21-16/h4-5,9-10,13,19H,3,6-8H2,1-2H3. The highest BCUT2D eigenvalue weighted by atomic mass is 35.5. The normalized spacial score (nSPS) is 16.8. The zero-order chi connectivity index (χ0) is 14.8. The maximum atomic E-state index is 6.13. The van der Waals surface area contributed by atoms with E-state index in [-0.39, 0.29) is 0 Å². The van der Waals surface area contributed by atoms with E-state index in [0.29, 0.717) is 6.04 Å². The Morgan fingerprint density at radius 3 is 3.05 bits per heavy atom. The third-order valence-corrected chi connectivity index (χ3v) is 5.12. The van der Waals surface area contributed by atoms with E-state index in [1.54, 1.807) is 11.3 Å². The predicted octanol–water partition coefficient (Wildman–Crippen LogP) is 5.60. The second-order valence-corrected chi connectivity index (χ2v) is 7.28. The number of anilines is 1. The summed E-state index contributed by atoms with van der Waals surface area (Å²) in [4.78, 5) is 1.42. The molecule has 1 aliphatic carbocycles. The van der Waals surface area contributed by atoms with Gasteiger partial charge >= 0.3 is 0 Å². The summed E-state index contributed by atoms with van der Waals surface area (Å²) in [7, 11) is 0.